The standard InChI is InChI=1S/C11H7ClN2O2S/c1-14-8-4-6(7-5-17-10(12)13-7)2-3-9(8)16-11(14)15/h2-5H,1H3. The number of halogens is 1. The Balaban J connectivity index is 2.25. The first-order valence-electron chi connectivity index (χ1n) is 4.86. The van der Waals surface area contributed by atoms with E-state index >= 15 is 0 Å². The quantitative estimate of drug-likeness (QED) is 0.680. The summed E-state index contributed by atoms with van der Waals surface area (Å²) in [5.41, 5.74) is 3.03. The Morgan fingerprint density at radius 2 is 2.29 bits per heavy atom. The third-order valence-electron chi connectivity index (χ3n) is 2.56. The third-order valence-corrected chi connectivity index (χ3v) is 3.54. The van der Waals surface area contributed by atoms with Gasteiger partial charge in [0.25, 0.3) is 0 Å². The smallest absolute Gasteiger partial charge is 0.408 e. The van der Waals surface area contributed by atoms with Gasteiger partial charge in [0.15, 0.2) is 10.0 Å². The molecule has 0 amide bonds. The number of hydrogen-bond donors (Lipinski definition) is 0. The van der Waals surface area contributed by atoms with Crippen LogP contribution >= 0.6 is 22.9 Å². The van der Waals surface area contributed by atoms with Crippen molar-refractivity contribution in [2.24, 2.45) is 7.05 Å². The van der Waals surface area contributed by atoms with E-state index in [4.69, 9.17) is 16.0 Å². The second-order valence-electron chi connectivity index (χ2n) is 3.60. The van der Waals surface area contributed by atoms with E-state index in [0.717, 1.165) is 16.8 Å². The molecule has 0 saturated heterocycles. The van der Waals surface area contributed by atoms with Gasteiger partial charge in [0, 0.05) is 18.0 Å². The van der Waals surface area contributed by atoms with Gasteiger partial charge in [0.2, 0.25) is 0 Å². The fraction of sp³-hybridized carbons (Fsp3) is 0.0909. The van der Waals surface area contributed by atoms with Crippen molar-refractivity contribution in [1.82, 2.24) is 9.55 Å². The minimum absolute atomic E-state index is 0.367. The Labute approximate surface area is 105 Å². The van der Waals surface area contributed by atoms with Crippen LogP contribution in [0.15, 0.2) is 32.8 Å². The zero-order valence-corrected chi connectivity index (χ0v) is 10.4. The Hall–Kier alpha value is -1.59. The van der Waals surface area contributed by atoms with Crippen molar-refractivity contribution < 1.29 is 4.42 Å². The highest BCUT2D eigenvalue weighted by Gasteiger charge is 2.09. The van der Waals surface area contributed by atoms with E-state index in [2.05, 4.69) is 4.98 Å². The molecule has 2 heterocycles. The maximum Gasteiger partial charge on any atom is 0.419 e. The SMILES string of the molecule is Cn1c(=O)oc2ccc(-c3csc(Cl)n3)cc21. The molecule has 2 aromatic heterocycles. The van der Waals surface area contributed by atoms with Gasteiger partial charge in [-0.15, -0.1) is 11.3 Å². The molecule has 3 aromatic rings. The lowest BCUT2D eigenvalue weighted by Crippen LogP contribution is -2.08. The lowest BCUT2D eigenvalue weighted by Gasteiger charge is -1.97. The number of rotatable bonds is 1. The maximum atomic E-state index is 11.4. The first-order valence-corrected chi connectivity index (χ1v) is 6.12. The van der Waals surface area contributed by atoms with Crippen LogP contribution in [0, 0.1) is 0 Å². The molecule has 0 N–H and O–H groups in total. The highest BCUT2D eigenvalue weighted by Crippen LogP contribution is 2.27. The average molecular weight is 267 g/mol. The lowest BCUT2D eigenvalue weighted by atomic mass is 10.1. The minimum atomic E-state index is -0.367. The summed E-state index contributed by atoms with van der Waals surface area (Å²) in [6, 6.07) is 5.49. The third kappa shape index (κ3) is 1.67. The van der Waals surface area contributed by atoms with Crippen molar-refractivity contribution in [3.63, 3.8) is 0 Å². The molecule has 0 atom stereocenters. The van der Waals surface area contributed by atoms with Crippen LogP contribution < -0.4 is 5.76 Å². The minimum Gasteiger partial charge on any atom is -0.408 e. The molecule has 0 aliphatic carbocycles. The summed E-state index contributed by atoms with van der Waals surface area (Å²) in [7, 11) is 1.67. The van der Waals surface area contributed by atoms with E-state index in [-0.39, 0.29) is 5.76 Å². The highest BCUT2D eigenvalue weighted by molar-refractivity contribution is 7.14. The first-order chi connectivity index (χ1) is 8.15. The van der Waals surface area contributed by atoms with Gasteiger partial charge >= 0.3 is 5.76 Å². The molecule has 0 aliphatic rings. The van der Waals surface area contributed by atoms with Crippen molar-refractivity contribution in [2.75, 3.05) is 0 Å². The van der Waals surface area contributed by atoms with Gasteiger partial charge in [-0.2, -0.15) is 0 Å². The molecule has 0 aliphatic heterocycles. The number of fused-ring (bicyclic) bond motifs is 1. The molecule has 0 spiro atoms. The van der Waals surface area contributed by atoms with Gasteiger partial charge in [-0.3, -0.25) is 4.57 Å². The van der Waals surface area contributed by atoms with Gasteiger partial charge in [-0.1, -0.05) is 11.6 Å². The summed E-state index contributed by atoms with van der Waals surface area (Å²) in [6.07, 6.45) is 0. The summed E-state index contributed by atoms with van der Waals surface area (Å²) in [5.74, 6) is -0.367. The fourth-order valence-corrected chi connectivity index (χ4v) is 2.44. The van der Waals surface area contributed by atoms with Crippen molar-refractivity contribution in [3.8, 4) is 11.3 Å². The van der Waals surface area contributed by atoms with Crippen LogP contribution in [-0.4, -0.2) is 9.55 Å². The summed E-state index contributed by atoms with van der Waals surface area (Å²) in [6.45, 7) is 0. The van der Waals surface area contributed by atoms with Crippen LogP contribution in [0.4, 0.5) is 0 Å². The van der Waals surface area contributed by atoms with Gasteiger partial charge < -0.3 is 4.42 Å². The topological polar surface area (TPSA) is 48.0 Å². The average Bonchev–Trinajstić information content (AvgIpc) is 2.85. The van der Waals surface area contributed by atoms with Gasteiger partial charge in [0.1, 0.15) is 0 Å². The Morgan fingerprint density at radius 3 is 3.00 bits per heavy atom. The van der Waals surface area contributed by atoms with E-state index in [0.29, 0.717) is 10.0 Å². The fourth-order valence-electron chi connectivity index (χ4n) is 1.67. The summed E-state index contributed by atoms with van der Waals surface area (Å²) < 4.78 is 7.02. The summed E-state index contributed by atoms with van der Waals surface area (Å²) in [5, 5.41) is 1.88. The van der Waals surface area contributed by atoms with Crippen molar-refractivity contribution in [3.05, 3.63) is 38.6 Å². The number of aryl methyl sites for hydroxylation is 1. The molecular weight excluding hydrogens is 260 g/mol. The van der Waals surface area contributed by atoms with Crippen LogP contribution in [-0.2, 0) is 7.05 Å². The van der Waals surface area contributed by atoms with Crippen molar-refractivity contribution in [1.29, 1.82) is 0 Å². The molecule has 0 fully saturated rings. The molecule has 4 nitrogen and oxygen atoms in total. The van der Waals surface area contributed by atoms with E-state index in [1.807, 2.05) is 17.5 Å². The van der Waals surface area contributed by atoms with Crippen LogP contribution in [0.25, 0.3) is 22.4 Å². The van der Waals surface area contributed by atoms with Crippen LogP contribution in [0.3, 0.4) is 0 Å². The van der Waals surface area contributed by atoms with Crippen LogP contribution in [0.1, 0.15) is 0 Å². The van der Waals surface area contributed by atoms with E-state index in [1.54, 1.807) is 13.1 Å². The second-order valence-corrected chi connectivity index (χ2v) is 5.04. The monoisotopic (exact) mass is 266 g/mol. The number of benzene rings is 1. The van der Waals surface area contributed by atoms with Gasteiger partial charge in [-0.05, 0) is 18.2 Å². The molecule has 0 saturated carbocycles. The molecule has 0 unspecified atom stereocenters. The molecule has 17 heavy (non-hydrogen) atoms. The Kier molecular flexibility index (Phi) is 2.31. The normalized spacial score (nSPS) is 11.2. The van der Waals surface area contributed by atoms with E-state index in [9.17, 15) is 4.79 Å². The van der Waals surface area contributed by atoms with E-state index in [1.165, 1.54) is 15.9 Å². The highest BCUT2D eigenvalue weighted by atomic mass is 35.5. The number of thiazole rings is 1. The predicted octanol–water partition coefficient (Wildman–Crippen LogP) is 2.91. The number of aromatic nitrogens is 2. The molecule has 86 valence electrons. The molecule has 0 radical (unpaired) electrons. The maximum absolute atomic E-state index is 11.4. The number of hydrogen-bond acceptors (Lipinski definition) is 4. The molecule has 6 heteroatoms. The molecule has 1 aromatic carbocycles. The van der Waals surface area contributed by atoms with Crippen LogP contribution in [0.5, 0.6) is 0 Å². The van der Waals surface area contributed by atoms with Gasteiger partial charge in [0.05, 0.1) is 11.2 Å². The zero-order valence-electron chi connectivity index (χ0n) is 8.81. The Morgan fingerprint density at radius 1 is 1.47 bits per heavy atom. The number of nitrogens with zero attached hydrogens (tertiary/aromatic N) is 2. The van der Waals surface area contributed by atoms with E-state index < -0.39 is 0 Å². The summed E-state index contributed by atoms with van der Waals surface area (Å²) in [4.78, 5) is 15.5. The zero-order chi connectivity index (χ0) is 12.0. The molecule has 0 bridgehead atoms. The predicted molar refractivity (Wildman–Crippen MR) is 67.6 cm³/mol. The Bertz CT molecular complexity index is 756. The van der Waals surface area contributed by atoms with Crippen molar-refractivity contribution >= 4 is 34.0 Å². The second kappa shape index (κ2) is 3.72. The van der Waals surface area contributed by atoms with Crippen LogP contribution in [0.2, 0.25) is 4.47 Å². The lowest BCUT2D eigenvalue weighted by molar-refractivity contribution is 0.528. The van der Waals surface area contributed by atoms with Crippen molar-refractivity contribution in [2.45, 2.75) is 0 Å². The molecule has 3 rings (SSSR count). The number of oxazole rings is 1. The first kappa shape index (κ1) is 10.6. The summed E-state index contributed by atoms with van der Waals surface area (Å²) >= 11 is 7.17. The van der Waals surface area contributed by atoms with Gasteiger partial charge in [-0.25, -0.2) is 9.78 Å². The largest absolute Gasteiger partial charge is 0.419 e. The molecular formula is C11H7ClN2O2S.